The predicted octanol–water partition coefficient (Wildman–Crippen LogP) is 3.23. The maximum absolute atomic E-state index is 13.0. The van der Waals surface area contributed by atoms with Crippen molar-refractivity contribution in [2.45, 2.75) is 6.61 Å². The molecule has 0 aliphatic carbocycles. The number of hydrogen-bond donors (Lipinski definition) is 1. The number of ether oxygens (including phenoxy) is 2. The number of halogens is 1. The highest BCUT2D eigenvalue weighted by Gasteiger charge is 2.32. The molecule has 0 radical (unpaired) electrons. The van der Waals surface area contributed by atoms with Gasteiger partial charge in [-0.2, -0.15) is 0 Å². The van der Waals surface area contributed by atoms with Gasteiger partial charge in [0.25, 0.3) is 11.8 Å². The Morgan fingerprint density at radius 2 is 1.93 bits per heavy atom. The first-order chi connectivity index (χ1) is 14.4. The topological polar surface area (TPSA) is 67.9 Å². The van der Waals surface area contributed by atoms with Crippen molar-refractivity contribution < 1.29 is 23.5 Å². The predicted molar refractivity (Wildman–Crippen MR) is 114 cm³/mol. The van der Waals surface area contributed by atoms with Crippen LogP contribution in [0.1, 0.15) is 11.1 Å². The zero-order chi connectivity index (χ0) is 21.7. The van der Waals surface area contributed by atoms with Gasteiger partial charge in [-0.25, -0.2) is 4.39 Å². The van der Waals surface area contributed by atoms with Crippen LogP contribution in [-0.2, 0) is 16.2 Å². The Morgan fingerprint density at radius 1 is 1.20 bits per heavy atom. The summed E-state index contributed by atoms with van der Waals surface area (Å²) in [5, 5.41) is 2.55. The monoisotopic (exact) mass is 426 g/mol. The number of methoxy groups -OCH3 is 1. The van der Waals surface area contributed by atoms with Crippen LogP contribution in [0.4, 0.5) is 4.39 Å². The third-order valence-corrected chi connectivity index (χ3v) is 4.64. The number of carbonyl (C=O) groups excluding carboxylic acids is 2. The zero-order valence-electron chi connectivity index (χ0n) is 16.2. The lowest BCUT2D eigenvalue weighted by Crippen LogP contribution is -2.53. The Balaban J connectivity index is 1.86. The summed E-state index contributed by atoms with van der Waals surface area (Å²) in [4.78, 5) is 26.2. The van der Waals surface area contributed by atoms with Crippen LogP contribution in [0.25, 0.3) is 6.08 Å². The molecule has 0 atom stereocenters. The van der Waals surface area contributed by atoms with Crippen molar-refractivity contribution in [1.29, 1.82) is 0 Å². The van der Waals surface area contributed by atoms with E-state index in [0.717, 1.165) is 0 Å². The van der Waals surface area contributed by atoms with E-state index in [-0.39, 0.29) is 29.7 Å². The third-order valence-electron chi connectivity index (χ3n) is 4.32. The Labute approximate surface area is 178 Å². The molecule has 1 aliphatic rings. The highest BCUT2D eigenvalue weighted by atomic mass is 32.1. The molecule has 154 valence electrons. The molecule has 0 bridgehead atoms. The fourth-order valence-corrected chi connectivity index (χ4v) is 3.10. The summed E-state index contributed by atoms with van der Waals surface area (Å²) in [5.41, 5.74) is 1.26. The summed E-state index contributed by atoms with van der Waals surface area (Å²) in [5.74, 6) is -0.339. The molecular weight excluding hydrogens is 407 g/mol. The molecule has 1 fully saturated rings. The second-order valence-corrected chi connectivity index (χ2v) is 6.72. The zero-order valence-corrected chi connectivity index (χ0v) is 17.0. The summed E-state index contributed by atoms with van der Waals surface area (Å²) in [6.45, 7) is 3.94. The van der Waals surface area contributed by atoms with E-state index in [1.165, 1.54) is 48.4 Å². The number of nitrogens with one attached hydrogen (secondary N) is 1. The lowest BCUT2D eigenvalue weighted by atomic mass is 10.0. The van der Waals surface area contributed by atoms with Gasteiger partial charge in [-0.15, -0.1) is 6.58 Å². The molecule has 0 aromatic heterocycles. The van der Waals surface area contributed by atoms with Crippen molar-refractivity contribution in [2.24, 2.45) is 0 Å². The summed E-state index contributed by atoms with van der Waals surface area (Å²) in [6, 6.07) is 10.8. The molecule has 2 aromatic carbocycles. The first kappa shape index (κ1) is 21.2. The van der Waals surface area contributed by atoms with E-state index < -0.39 is 11.8 Å². The van der Waals surface area contributed by atoms with Crippen LogP contribution in [0.2, 0.25) is 0 Å². The highest BCUT2D eigenvalue weighted by Crippen LogP contribution is 2.24. The van der Waals surface area contributed by atoms with Gasteiger partial charge >= 0.3 is 0 Å². The van der Waals surface area contributed by atoms with Crippen LogP contribution >= 0.6 is 12.2 Å². The molecule has 2 aromatic rings. The first-order valence-corrected chi connectivity index (χ1v) is 9.39. The van der Waals surface area contributed by atoms with Crippen LogP contribution in [0.15, 0.2) is 60.7 Å². The van der Waals surface area contributed by atoms with Crippen molar-refractivity contribution in [3.63, 3.8) is 0 Å². The lowest BCUT2D eigenvalue weighted by molar-refractivity contribution is -0.128. The van der Waals surface area contributed by atoms with E-state index in [1.807, 2.05) is 0 Å². The molecule has 8 heteroatoms. The second kappa shape index (κ2) is 9.32. The first-order valence-electron chi connectivity index (χ1n) is 8.98. The average Bonchev–Trinajstić information content (AvgIpc) is 2.74. The molecule has 2 amide bonds. The summed E-state index contributed by atoms with van der Waals surface area (Å²) >= 11 is 5.05. The molecule has 1 heterocycles. The molecule has 0 unspecified atom stereocenters. The van der Waals surface area contributed by atoms with E-state index in [1.54, 1.807) is 18.2 Å². The van der Waals surface area contributed by atoms with Gasteiger partial charge in [0, 0.05) is 12.1 Å². The molecular formula is C22H19FN2O4S. The molecule has 3 rings (SSSR count). The molecule has 1 N–H and O–H groups in total. The minimum Gasteiger partial charge on any atom is -0.496 e. The van der Waals surface area contributed by atoms with Crippen molar-refractivity contribution in [3.8, 4) is 11.5 Å². The number of amides is 2. The van der Waals surface area contributed by atoms with Crippen molar-refractivity contribution in [2.75, 3.05) is 13.7 Å². The Kier molecular flexibility index (Phi) is 6.58. The van der Waals surface area contributed by atoms with Crippen LogP contribution in [-0.4, -0.2) is 35.5 Å². The quantitative estimate of drug-likeness (QED) is 0.319. The van der Waals surface area contributed by atoms with Crippen molar-refractivity contribution in [3.05, 3.63) is 77.6 Å². The smallest absolute Gasteiger partial charge is 0.265 e. The van der Waals surface area contributed by atoms with Gasteiger partial charge in [0.2, 0.25) is 0 Å². The van der Waals surface area contributed by atoms with E-state index >= 15 is 0 Å². The van der Waals surface area contributed by atoms with Crippen molar-refractivity contribution in [1.82, 2.24) is 10.2 Å². The van der Waals surface area contributed by atoms with E-state index in [4.69, 9.17) is 21.7 Å². The molecule has 0 spiro atoms. The standard InChI is InChI=1S/C22H19FN2O4S/c1-3-10-25-21(27)18(20(26)24-22(25)30)12-14-4-9-19(28-2)15(11-14)13-29-17-7-5-16(23)6-8-17/h3-9,11-12H,1,10,13H2,2H3,(H,24,26,30). The van der Waals surface area contributed by atoms with Gasteiger partial charge in [0.15, 0.2) is 5.11 Å². The number of rotatable bonds is 7. The minimum absolute atomic E-state index is 0.0407. The normalized spacial score (nSPS) is 15.2. The Hall–Kier alpha value is -3.52. The van der Waals surface area contributed by atoms with Crippen LogP contribution in [0, 0.1) is 5.82 Å². The molecule has 30 heavy (non-hydrogen) atoms. The van der Waals surface area contributed by atoms with Crippen molar-refractivity contribution >= 4 is 35.2 Å². The molecule has 1 aliphatic heterocycles. The van der Waals surface area contributed by atoms with E-state index in [9.17, 15) is 14.0 Å². The van der Waals surface area contributed by atoms with Gasteiger partial charge < -0.3 is 9.47 Å². The van der Waals surface area contributed by atoms with Gasteiger partial charge in [-0.1, -0.05) is 12.1 Å². The van der Waals surface area contributed by atoms with Gasteiger partial charge in [-0.3, -0.25) is 19.8 Å². The van der Waals surface area contributed by atoms with Gasteiger partial charge in [-0.05, 0) is 60.3 Å². The minimum atomic E-state index is -0.565. The van der Waals surface area contributed by atoms with Gasteiger partial charge in [0.05, 0.1) is 7.11 Å². The number of thiocarbonyl (C=S) groups is 1. The van der Waals surface area contributed by atoms with Crippen LogP contribution in [0.5, 0.6) is 11.5 Å². The number of benzene rings is 2. The van der Waals surface area contributed by atoms with Gasteiger partial charge in [0.1, 0.15) is 29.5 Å². The third kappa shape index (κ3) is 4.72. The summed E-state index contributed by atoms with van der Waals surface area (Å²) < 4.78 is 24.1. The lowest BCUT2D eigenvalue weighted by Gasteiger charge is -2.27. The summed E-state index contributed by atoms with van der Waals surface area (Å²) in [6.07, 6.45) is 3.01. The fourth-order valence-electron chi connectivity index (χ4n) is 2.85. The SMILES string of the molecule is C=CCN1C(=O)C(=Cc2ccc(OC)c(COc3ccc(F)cc3)c2)C(=O)NC1=S. The molecule has 1 saturated heterocycles. The largest absolute Gasteiger partial charge is 0.496 e. The maximum atomic E-state index is 13.0. The summed E-state index contributed by atoms with van der Waals surface area (Å²) in [7, 11) is 1.53. The van der Waals surface area contributed by atoms with E-state index in [2.05, 4.69) is 11.9 Å². The second-order valence-electron chi connectivity index (χ2n) is 6.34. The Morgan fingerprint density at radius 3 is 2.60 bits per heavy atom. The molecule has 6 nitrogen and oxygen atoms in total. The van der Waals surface area contributed by atoms with Crippen LogP contribution < -0.4 is 14.8 Å². The maximum Gasteiger partial charge on any atom is 0.265 e. The Bertz CT molecular complexity index is 1030. The fraction of sp³-hybridized carbons (Fsp3) is 0.136. The van der Waals surface area contributed by atoms with Crippen LogP contribution in [0.3, 0.4) is 0 Å². The highest BCUT2D eigenvalue weighted by molar-refractivity contribution is 7.80. The molecule has 0 saturated carbocycles. The number of hydrogen-bond acceptors (Lipinski definition) is 5. The number of carbonyl (C=O) groups is 2. The number of nitrogens with zero attached hydrogens (tertiary/aromatic N) is 1. The van der Waals surface area contributed by atoms with E-state index in [0.29, 0.717) is 22.6 Å². The average molecular weight is 426 g/mol.